The van der Waals surface area contributed by atoms with E-state index in [4.69, 9.17) is 0 Å². The topological polar surface area (TPSA) is 58.1 Å². The Bertz CT molecular complexity index is 659. The monoisotopic (exact) mass is 314 g/mol. The Hall–Kier alpha value is -2.34. The first-order valence-corrected chi connectivity index (χ1v) is 7.72. The molecule has 1 saturated heterocycles. The lowest BCUT2D eigenvalue weighted by Crippen LogP contribution is -2.36. The van der Waals surface area contributed by atoms with E-state index < -0.39 is 5.82 Å². The molecule has 3 heterocycles. The van der Waals surface area contributed by atoms with E-state index in [1.54, 1.807) is 17.3 Å². The maximum atomic E-state index is 13.9. The smallest absolute Gasteiger partial charge is 0.257 e. The Balaban J connectivity index is 1.81. The lowest BCUT2D eigenvalue weighted by molar-refractivity contribution is 0.0713. The first-order valence-electron chi connectivity index (χ1n) is 7.72. The fourth-order valence-electron chi connectivity index (χ4n) is 2.83. The Morgan fingerprint density at radius 2 is 2.17 bits per heavy atom. The summed E-state index contributed by atoms with van der Waals surface area (Å²) in [4.78, 5) is 22.3. The maximum absolute atomic E-state index is 13.9. The van der Waals surface area contributed by atoms with E-state index in [1.807, 2.05) is 12.1 Å². The van der Waals surface area contributed by atoms with Crippen LogP contribution in [0.4, 0.5) is 4.39 Å². The van der Waals surface area contributed by atoms with Gasteiger partial charge in [0.05, 0.1) is 11.8 Å². The van der Waals surface area contributed by atoms with Gasteiger partial charge >= 0.3 is 0 Å². The third-order valence-corrected chi connectivity index (χ3v) is 4.03. The molecule has 0 aliphatic carbocycles. The van der Waals surface area contributed by atoms with Gasteiger partial charge in [-0.25, -0.2) is 4.39 Å². The van der Waals surface area contributed by atoms with E-state index in [-0.39, 0.29) is 11.5 Å². The van der Waals surface area contributed by atoms with E-state index in [0.717, 1.165) is 31.3 Å². The molecule has 2 aromatic heterocycles. The van der Waals surface area contributed by atoms with Crippen LogP contribution in [-0.4, -0.2) is 40.4 Å². The molecule has 1 aliphatic rings. The van der Waals surface area contributed by atoms with E-state index in [9.17, 15) is 9.18 Å². The summed E-state index contributed by atoms with van der Waals surface area (Å²) in [6, 6.07) is 5.19. The highest BCUT2D eigenvalue weighted by Gasteiger charge is 2.24. The van der Waals surface area contributed by atoms with Crippen LogP contribution in [0.15, 0.2) is 43.0 Å². The first-order chi connectivity index (χ1) is 11.2. The van der Waals surface area contributed by atoms with Gasteiger partial charge in [-0.05, 0) is 43.1 Å². The SMILES string of the molecule is O=C(c1ccncc1F)N(Cc1cccnc1)CC1CCNC1. The van der Waals surface area contributed by atoms with Crippen molar-refractivity contribution in [1.82, 2.24) is 20.2 Å². The first kappa shape index (κ1) is 15.6. The molecule has 1 unspecified atom stereocenters. The van der Waals surface area contributed by atoms with Gasteiger partial charge in [0.2, 0.25) is 0 Å². The van der Waals surface area contributed by atoms with Crippen molar-refractivity contribution in [2.75, 3.05) is 19.6 Å². The van der Waals surface area contributed by atoms with Crippen molar-refractivity contribution in [2.24, 2.45) is 5.92 Å². The second-order valence-corrected chi connectivity index (χ2v) is 5.76. The van der Waals surface area contributed by atoms with Crippen LogP contribution in [0.3, 0.4) is 0 Å². The second-order valence-electron chi connectivity index (χ2n) is 5.76. The summed E-state index contributed by atoms with van der Waals surface area (Å²) in [6.45, 7) is 2.87. The van der Waals surface area contributed by atoms with E-state index >= 15 is 0 Å². The molecular formula is C17H19FN4O. The van der Waals surface area contributed by atoms with Crippen molar-refractivity contribution in [3.63, 3.8) is 0 Å². The lowest BCUT2D eigenvalue weighted by atomic mass is 10.1. The van der Waals surface area contributed by atoms with Gasteiger partial charge in [0.15, 0.2) is 5.82 Å². The molecule has 0 radical (unpaired) electrons. The number of carbonyl (C=O) groups excluding carboxylic acids is 1. The van der Waals surface area contributed by atoms with Crippen LogP contribution in [0, 0.1) is 11.7 Å². The molecule has 1 amide bonds. The number of amides is 1. The van der Waals surface area contributed by atoms with Gasteiger partial charge in [-0.15, -0.1) is 0 Å². The summed E-state index contributed by atoms with van der Waals surface area (Å²) in [5.41, 5.74) is 0.996. The zero-order valence-corrected chi connectivity index (χ0v) is 12.8. The Morgan fingerprint density at radius 1 is 1.30 bits per heavy atom. The van der Waals surface area contributed by atoms with Gasteiger partial charge in [-0.3, -0.25) is 14.8 Å². The normalized spacial score (nSPS) is 17.2. The molecule has 120 valence electrons. The predicted molar refractivity (Wildman–Crippen MR) is 84.1 cm³/mol. The highest BCUT2D eigenvalue weighted by Crippen LogP contribution is 2.16. The molecule has 1 N–H and O–H groups in total. The molecule has 0 bridgehead atoms. The molecule has 5 nitrogen and oxygen atoms in total. The lowest BCUT2D eigenvalue weighted by Gasteiger charge is -2.25. The van der Waals surface area contributed by atoms with Crippen LogP contribution in [0.5, 0.6) is 0 Å². The zero-order valence-electron chi connectivity index (χ0n) is 12.8. The minimum atomic E-state index is -0.585. The fraction of sp³-hybridized carbons (Fsp3) is 0.353. The highest BCUT2D eigenvalue weighted by atomic mass is 19.1. The standard InChI is InChI=1S/C17H19FN4O/c18-16-10-21-7-4-15(16)17(23)22(12-14-3-6-20-9-14)11-13-2-1-5-19-8-13/h1-2,4-5,7-8,10,14,20H,3,6,9,11-12H2. The number of hydrogen-bond acceptors (Lipinski definition) is 4. The average Bonchev–Trinajstić information content (AvgIpc) is 3.08. The van der Waals surface area contributed by atoms with Crippen LogP contribution in [0.2, 0.25) is 0 Å². The summed E-state index contributed by atoms with van der Waals surface area (Å²) in [5, 5.41) is 3.30. The van der Waals surface area contributed by atoms with Gasteiger partial charge in [0.25, 0.3) is 5.91 Å². The number of carbonyl (C=O) groups is 1. The van der Waals surface area contributed by atoms with Crippen molar-refractivity contribution in [2.45, 2.75) is 13.0 Å². The molecule has 1 atom stereocenters. The van der Waals surface area contributed by atoms with Crippen LogP contribution < -0.4 is 5.32 Å². The fourth-order valence-corrected chi connectivity index (χ4v) is 2.83. The summed E-state index contributed by atoms with van der Waals surface area (Å²) in [6.07, 6.45) is 6.97. The summed E-state index contributed by atoms with van der Waals surface area (Å²) in [5.74, 6) is -0.501. The molecule has 0 saturated carbocycles. The number of rotatable bonds is 5. The third-order valence-electron chi connectivity index (χ3n) is 4.03. The van der Waals surface area contributed by atoms with Gasteiger partial charge in [0, 0.05) is 31.7 Å². The minimum absolute atomic E-state index is 0.0647. The van der Waals surface area contributed by atoms with Crippen molar-refractivity contribution >= 4 is 5.91 Å². The van der Waals surface area contributed by atoms with Crippen LogP contribution in [0.1, 0.15) is 22.3 Å². The van der Waals surface area contributed by atoms with Crippen LogP contribution in [-0.2, 0) is 6.54 Å². The van der Waals surface area contributed by atoms with E-state index in [0.29, 0.717) is 19.0 Å². The van der Waals surface area contributed by atoms with Crippen molar-refractivity contribution in [1.29, 1.82) is 0 Å². The quantitative estimate of drug-likeness (QED) is 0.915. The van der Waals surface area contributed by atoms with Crippen LogP contribution in [0.25, 0.3) is 0 Å². The highest BCUT2D eigenvalue weighted by molar-refractivity contribution is 5.94. The molecule has 1 aliphatic heterocycles. The number of nitrogens with one attached hydrogen (secondary N) is 1. The molecular weight excluding hydrogens is 295 g/mol. The van der Waals surface area contributed by atoms with Gasteiger partial charge in [-0.2, -0.15) is 0 Å². The van der Waals surface area contributed by atoms with Crippen molar-refractivity contribution in [3.05, 3.63) is 59.9 Å². The summed E-state index contributed by atoms with van der Waals surface area (Å²) < 4.78 is 13.9. The van der Waals surface area contributed by atoms with E-state index in [1.165, 1.54) is 12.3 Å². The molecule has 2 aromatic rings. The number of aromatic nitrogens is 2. The van der Waals surface area contributed by atoms with Crippen LogP contribution >= 0.6 is 0 Å². The number of pyridine rings is 2. The number of hydrogen-bond donors (Lipinski definition) is 1. The molecule has 0 aromatic carbocycles. The Morgan fingerprint density at radius 3 is 2.87 bits per heavy atom. The van der Waals surface area contributed by atoms with Gasteiger partial charge < -0.3 is 10.2 Å². The molecule has 3 rings (SSSR count). The van der Waals surface area contributed by atoms with Gasteiger partial charge in [0.1, 0.15) is 0 Å². The Labute approximate surface area is 134 Å². The van der Waals surface area contributed by atoms with Crippen molar-refractivity contribution in [3.8, 4) is 0 Å². The molecule has 1 fully saturated rings. The number of nitrogens with zero attached hydrogens (tertiary/aromatic N) is 3. The third kappa shape index (κ3) is 3.90. The second kappa shape index (κ2) is 7.28. The van der Waals surface area contributed by atoms with Crippen molar-refractivity contribution < 1.29 is 9.18 Å². The number of halogens is 1. The summed E-state index contributed by atoms with van der Waals surface area (Å²) >= 11 is 0. The zero-order chi connectivity index (χ0) is 16.1. The maximum Gasteiger partial charge on any atom is 0.257 e. The molecule has 6 heteroatoms. The minimum Gasteiger partial charge on any atom is -0.334 e. The average molecular weight is 314 g/mol. The largest absolute Gasteiger partial charge is 0.334 e. The molecule has 23 heavy (non-hydrogen) atoms. The predicted octanol–water partition coefficient (Wildman–Crippen LogP) is 1.87. The van der Waals surface area contributed by atoms with E-state index in [2.05, 4.69) is 15.3 Å². The summed E-state index contributed by atoms with van der Waals surface area (Å²) in [7, 11) is 0. The Kier molecular flexibility index (Phi) is 4.92. The van der Waals surface area contributed by atoms with Gasteiger partial charge in [-0.1, -0.05) is 6.07 Å². The molecule has 0 spiro atoms.